The number of hydrogen-bond acceptors (Lipinski definition) is 3. The molecule has 34 heavy (non-hydrogen) atoms. The molecular weight excluding hydrogens is 489 g/mol. The summed E-state index contributed by atoms with van der Waals surface area (Å²) in [5.41, 5.74) is 2.81. The van der Waals surface area contributed by atoms with E-state index in [-0.39, 0.29) is 22.5 Å². The molecule has 1 N–H and O–H groups in total. The second-order valence-corrected chi connectivity index (χ2v) is 9.38. The third-order valence-electron chi connectivity index (χ3n) is 5.21. The number of carbonyl (C=O) groups excluding carboxylic acids is 2. The smallest absolute Gasteiger partial charge is 0.281 e. The number of rotatable bonds is 6. The molecule has 172 valence electrons. The minimum Gasteiger partial charge on any atom is -0.346 e. The molecule has 0 aliphatic heterocycles. The van der Waals surface area contributed by atoms with Crippen molar-refractivity contribution in [1.29, 1.82) is 0 Å². The number of thiazole rings is 1. The predicted molar refractivity (Wildman–Crippen MR) is 137 cm³/mol. The third-order valence-corrected chi connectivity index (χ3v) is 6.55. The first-order chi connectivity index (χ1) is 16.4. The van der Waals surface area contributed by atoms with Gasteiger partial charge >= 0.3 is 0 Å². The molecule has 1 atom stereocenters. The fraction of sp³-hybridized carbons (Fsp3) is 0.115. The Kier molecular flexibility index (Phi) is 7.63. The molecule has 2 amide bonds. The molecule has 4 aromatic rings. The van der Waals surface area contributed by atoms with Gasteiger partial charge in [-0.15, -0.1) is 11.3 Å². The molecule has 1 heterocycles. The Morgan fingerprint density at radius 3 is 2.59 bits per heavy atom. The summed E-state index contributed by atoms with van der Waals surface area (Å²) >= 11 is 13.4. The van der Waals surface area contributed by atoms with E-state index in [9.17, 15) is 9.59 Å². The van der Waals surface area contributed by atoms with E-state index >= 15 is 0 Å². The summed E-state index contributed by atoms with van der Waals surface area (Å²) in [5, 5.41) is 5.60. The van der Waals surface area contributed by atoms with Crippen molar-refractivity contribution in [3.05, 3.63) is 121 Å². The largest absolute Gasteiger partial charge is 0.346 e. The number of benzene rings is 3. The van der Waals surface area contributed by atoms with Gasteiger partial charge in [0.2, 0.25) is 0 Å². The lowest BCUT2D eigenvalue weighted by Crippen LogP contribution is -2.26. The van der Waals surface area contributed by atoms with Gasteiger partial charge in [-0.2, -0.15) is 4.99 Å². The molecule has 0 saturated carbocycles. The number of carbonyl (C=O) groups is 2. The number of nitrogens with one attached hydrogen (secondary N) is 1. The second-order valence-electron chi connectivity index (χ2n) is 7.66. The van der Waals surface area contributed by atoms with Crippen LogP contribution in [0.1, 0.15) is 44.8 Å². The van der Waals surface area contributed by atoms with Gasteiger partial charge in [0, 0.05) is 28.7 Å². The monoisotopic (exact) mass is 509 g/mol. The van der Waals surface area contributed by atoms with Gasteiger partial charge in [0.05, 0.1) is 16.6 Å². The second kappa shape index (κ2) is 10.8. The first kappa shape index (κ1) is 24.0. The highest BCUT2D eigenvalue weighted by molar-refractivity contribution is 7.07. The zero-order valence-electron chi connectivity index (χ0n) is 18.2. The maximum Gasteiger partial charge on any atom is 0.281 e. The van der Waals surface area contributed by atoms with Gasteiger partial charge in [-0.3, -0.25) is 9.59 Å². The van der Waals surface area contributed by atoms with Crippen LogP contribution in [0.5, 0.6) is 0 Å². The van der Waals surface area contributed by atoms with Crippen molar-refractivity contribution in [2.24, 2.45) is 4.99 Å². The molecule has 0 radical (unpaired) electrons. The van der Waals surface area contributed by atoms with Gasteiger partial charge in [0.15, 0.2) is 4.80 Å². The summed E-state index contributed by atoms with van der Waals surface area (Å²) in [4.78, 5) is 30.2. The Morgan fingerprint density at radius 2 is 1.82 bits per heavy atom. The quantitative estimate of drug-likeness (QED) is 0.339. The zero-order valence-corrected chi connectivity index (χ0v) is 20.6. The molecule has 0 aliphatic carbocycles. The van der Waals surface area contributed by atoms with E-state index in [0.29, 0.717) is 21.9 Å². The van der Waals surface area contributed by atoms with Gasteiger partial charge in [-0.25, -0.2) is 0 Å². The molecule has 0 saturated heterocycles. The molecule has 8 heteroatoms. The standard InChI is InChI=1S/C26H21Cl2N3O2S/c1-17(19-7-3-2-4-8-19)29-24(32)20-9-5-6-18(14-20)16-31-12-13-34-26(31)30-25(33)22-11-10-21(27)15-23(22)28/h2-15,17H,16H2,1H3,(H,29,32). The summed E-state index contributed by atoms with van der Waals surface area (Å²) < 4.78 is 1.86. The fourth-order valence-corrected chi connectivity index (χ4v) is 4.65. The van der Waals surface area contributed by atoms with Crippen molar-refractivity contribution in [2.45, 2.75) is 19.5 Å². The van der Waals surface area contributed by atoms with Crippen LogP contribution in [0.3, 0.4) is 0 Å². The van der Waals surface area contributed by atoms with E-state index in [2.05, 4.69) is 10.3 Å². The van der Waals surface area contributed by atoms with E-state index in [0.717, 1.165) is 11.1 Å². The van der Waals surface area contributed by atoms with E-state index in [1.165, 1.54) is 17.4 Å². The van der Waals surface area contributed by atoms with Crippen molar-refractivity contribution in [3.63, 3.8) is 0 Å². The van der Waals surface area contributed by atoms with Gasteiger partial charge in [-0.05, 0) is 48.4 Å². The first-order valence-corrected chi connectivity index (χ1v) is 12.2. The maximum absolute atomic E-state index is 12.8. The van der Waals surface area contributed by atoms with Crippen LogP contribution in [0.15, 0.2) is 89.4 Å². The highest BCUT2D eigenvalue weighted by Crippen LogP contribution is 2.21. The van der Waals surface area contributed by atoms with Crippen molar-refractivity contribution < 1.29 is 9.59 Å². The van der Waals surface area contributed by atoms with E-state index in [1.807, 2.05) is 71.6 Å². The summed E-state index contributed by atoms with van der Waals surface area (Å²) in [7, 11) is 0. The maximum atomic E-state index is 12.8. The summed E-state index contributed by atoms with van der Waals surface area (Å²) in [6.07, 6.45) is 1.85. The molecule has 4 rings (SSSR count). The number of halogens is 2. The fourth-order valence-electron chi connectivity index (χ4n) is 3.43. The van der Waals surface area contributed by atoms with Crippen LogP contribution < -0.4 is 10.1 Å². The lowest BCUT2D eigenvalue weighted by molar-refractivity contribution is 0.0938. The molecular formula is C26H21Cl2N3O2S. The first-order valence-electron chi connectivity index (χ1n) is 10.5. The normalized spacial score (nSPS) is 12.4. The topological polar surface area (TPSA) is 63.5 Å². The Labute approximate surface area is 211 Å². The highest BCUT2D eigenvalue weighted by Gasteiger charge is 2.13. The van der Waals surface area contributed by atoms with Crippen LogP contribution in [0, 0.1) is 0 Å². The lowest BCUT2D eigenvalue weighted by atomic mass is 10.1. The Bertz CT molecular complexity index is 1400. The third kappa shape index (κ3) is 5.83. The minimum atomic E-state index is -0.444. The van der Waals surface area contributed by atoms with Crippen LogP contribution in [0.4, 0.5) is 0 Å². The number of aromatic nitrogens is 1. The summed E-state index contributed by atoms with van der Waals surface area (Å²) in [6, 6.07) is 21.8. The minimum absolute atomic E-state index is 0.111. The van der Waals surface area contributed by atoms with Gasteiger partial charge < -0.3 is 9.88 Å². The van der Waals surface area contributed by atoms with Crippen LogP contribution in [-0.4, -0.2) is 16.4 Å². The SMILES string of the molecule is CC(NC(=O)c1cccc(Cn2ccsc2=NC(=O)c2ccc(Cl)cc2Cl)c1)c1ccccc1. The average Bonchev–Trinajstić information content (AvgIpc) is 3.25. The van der Waals surface area contributed by atoms with Crippen molar-refractivity contribution >= 4 is 46.4 Å². The molecule has 0 spiro atoms. The van der Waals surface area contributed by atoms with Gasteiger partial charge in [0.1, 0.15) is 0 Å². The van der Waals surface area contributed by atoms with Crippen LogP contribution in [0.2, 0.25) is 10.0 Å². The van der Waals surface area contributed by atoms with E-state index in [1.54, 1.807) is 18.2 Å². The van der Waals surface area contributed by atoms with Crippen LogP contribution >= 0.6 is 34.5 Å². The Hall–Kier alpha value is -3.19. The molecule has 0 bridgehead atoms. The molecule has 1 aromatic heterocycles. The number of amides is 2. The van der Waals surface area contributed by atoms with Crippen molar-refractivity contribution in [1.82, 2.24) is 9.88 Å². The Balaban J connectivity index is 1.51. The van der Waals surface area contributed by atoms with Crippen molar-refractivity contribution in [3.8, 4) is 0 Å². The highest BCUT2D eigenvalue weighted by atomic mass is 35.5. The van der Waals surface area contributed by atoms with Crippen LogP contribution in [-0.2, 0) is 6.54 Å². The van der Waals surface area contributed by atoms with Crippen molar-refractivity contribution in [2.75, 3.05) is 0 Å². The predicted octanol–water partition coefficient (Wildman–Crippen LogP) is 6.14. The van der Waals surface area contributed by atoms with E-state index < -0.39 is 5.91 Å². The lowest BCUT2D eigenvalue weighted by Gasteiger charge is -2.15. The number of nitrogens with zero attached hydrogens (tertiary/aromatic N) is 2. The average molecular weight is 510 g/mol. The molecule has 3 aromatic carbocycles. The molecule has 0 fully saturated rings. The molecule has 0 aliphatic rings. The summed E-state index contributed by atoms with van der Waals surface area (Å²) in [6.45, 7) is 2.41. The number of hydrogen-bond donors (Lipinski definition) is 1. The molecule has 1 unspecified atom stereocenters. The van der Waals surface area contributed by atoms with E-state index in [4.69, 9.17) is 23.2 Å². The van der Waals surface area contributed by atoms with Gasteiger partial charge in [0.25, 0.3) is 11.8 Å². The van der Waals surface area contributed by atoms with Crippen LogP contribution in [0.25, 0.3) is 0 Å². The zero-order chi connectivity index (χ0) is 24.1. The van der Waals surface area contributed by atoms with Gasteiger partial charge in [-0.1, -0.05) is 65.7 Å². The molecule has 5 nitrogen and oxygen atoms in total. The Morgan fingerprint density at radius 1 is 1.03 bits per heavy atom. The summed E-state index contributed by atoms with van der Waals surface area (Å²) in [5.74, 6) is -0.591.